The van der Waals surface area contributed by atoms with Gasteiger partial charge < -0.3 is 5.73 Å². The van der Waals surface area contributed by atoms with Gasteiger partial charge in [-0.1, -0.05) is 0 Å². The Hall–Kier alpha value is -1.69. The number of hydrogen-bond acceptors (Lipinski definition) is 4. The molecule has 2 rings (SSSR count). The van der Waals surface area contributed by atoms with Gasteiger partial charge in [-0.2, -0.15) is 20.5 Å². The van der Waals surface area contributed by atoms with Gasteiger partial charge in [0, 0.05) is 19.2 Å². The molecule has 0 spiro atoms. The standard InChI is InChI=1S/C9H14N6/c1-6-3-7(15(2)13-6)4-8(10)9-5-11-14-12-9/h3,5,8H,4,10H2,1-2H3,(H,11,12,14). The molecule has 2 aromatic heterocycles. The van der Waals surface area contributed by atoms with Crippen molar-refractivity contribution in [3.05, 3.63) is 29.3 Å². The predicted molar refractivity (Wildman–Crippen MR) is 55.0 cm³/mol. The summed E-state index contributed by atoms with van der Waals surface area (Å²) < 4.78 is 1.84. The van der Waals surface area contributed by atoms with Gasteiger partial charge in [-0.15, -0.1) is 0 Å². The smallest absolute Gasteiger partial charge is 0.0995 e. The van der Waals surface area contributed by atoms with E-state index in [1.165, 1.54) is 0 Å². The molecule has 0 saturated carbocycles. The first-order valence-electron chi connectivity index (χ1n) is 4.77. The van der Waals surface area contributed by atoms with Crippen molar-refractivity contribution in [1.29, 1.82) is 0 Å². The van der Waals surface area contributed by atoms with E-state index in [-0.39, 0.29) is 6.04 Å². The minimum Gasteiger partial charge on any atom is -0.322 e. The molecule has 1 atom stereocenters. The summed E-state index contributed by atoms with van der Waals surface area (Å²) in [4.78, 5) is 0. The van der Waals surface area contributed by atoms with Gasteiger partial charge in [-0.25, -0.2) is 0 Å². The number of aromatic nitrogens is 5. The molecule has 0 radical (unpaired) electrons. The zero-order chi connectivity index (χ0) is 10.8. The van der Waals surface area contributed by atoms with Crippen molar-refractivity contribution >= 4 is 0 Å². The highest BCUT2D eigenvalue weighted by atomic mass is 15.3. The Balaban J connectivity index is 2.12. The van der Waals surface area contributed by atoms with Crippen LogP contribution in [-0.4, -0.2) is 25.2 Å². The highest BCUT2D eigenvalue weighted by molar-refractivity contribution is 5.12. The Morgan fingerprint density at radius 2 is 2.40 bits per heavy atom. The van der Waals surface area contributed by atoms with Crippen molar-refractivity contribution in [2.45, 2.75) is 19.4 Å². The monoisotopic (exact) mass is 206 g/mol. The van der Waals surface area contributed by atoms with Gasteiger partial charge in [-0.05, 0) is 13.0 Å². The minimum atomic E-state index is -0.140. The number of nitrogens with one attached hydrogen (secondary N) is 1. The lowest BCUT2D eigenvalue weighted by molar-refractivity contribution is 0.627. The minimum absolute atomic E-state index is 0.140. The molecule has 0 aliphatic heterocycles. The fourth-order valence-corrected chi connectivity index (χ4v) is 1.57. The summed E-state index contributed by atoms with van der Waals surface area (Å²) in [6.07, 6.45) is 2.36. The molecule has 0 amide bonds. The summed E-state index contributed by atoms with van der Waals surface area (Å²) in [6, 6.07) is 1.89. The van der Waals surface area contributed by atoms with E-state index < -0.39 is 0 Å². The summed E-state index contributed by atoms with van der Waals surface area (Å²) >= 11 is 0. The van der Waals surface area contributed by atoms with Crippen molar-refractivity contribution < 1.29 is 0 Å². The first kappa shape index (κ1) is 9.85. The lowest BCUT2D eigenvalue weighted by Gasteiger charge is -2.07. The quantitative estimate of drug-likeness (QED) is 0.745. The van der Waals surface area contributed by atoms with Gasteiger partial charge >= 0.3 is 0 Å². The van der Waals surface area contributed by atoms with E-state index in [9.17, 15) is 0 Å². The fraction of sp³-hybridized carbons (Fsp3) is 0.444. The number of hydrogen-bond donors (Lipinski definition) is 2. The molecule has 80 valence electrons. The maximum absolute atomic E-state index is 5.99. The van der Waals surface area contributed by atoms with Gasteiger partial charge in [0.05, 0.1) is 23.6 Å². The molecule has 6 nitrogen and oxygen atoms in total. The van der Waals surface area contributed by atoms with Crippen molar-refractivity contribution in [2.24, 2.45) is 12.8 Å². The second-order valence-corrected chi connectivity index (χ2v) is 3.61. The van der Waals surface area contributed by atoms with Crippen LogP contribution < -0.4 is 5.73 Å². The normalized spacial score (nSPS) is 13.0. The third-order valence-electron chi connectivity index (χ3n) is 2.34. The first-order chi connectivity index (χ1) is 7.16. The Bertz CT molecular complexity index is 429. The van der Waals surface area contributed by atoms with Crippen molar-refractivity contribution in [2.75, 3.05) is 0 Å². The van der Waals surface area contributed by atoms with Crippen LogP contribution in [0.25, 0.3) is 0 Å². The molecule has 0 saturated heterocycles. The van der Waals surface area contributed by atoms with Gasteiger partial charge in [0.15, 0.2) is 0 Å². The van der Waals surface area contributed by atoms with Crippen LogP contribution in [0.5, 0.6) is 0 Å². The number of nitrogens with zero attached hydrogens (tertiary/aromatic N) is 4. The lowest BCUT2D eigenvalue weighted by Crippen LogP contribution is -2.15. The summed E-state index contributed by atoms with van der Waals surface area (Å²) in [7, 11) is 1.91. The summed E-state index contributed by atoms with van der Waals surface area (Å²) in [6.45, 7) is 1.96. The molecule has 3 N–H and O–H groups in total. The maximum Gasteiger partial charge on any atom is 0.0995 e. The molecule has 1 unspecified atom stereocenters. The first-order valence-corrected chi connectivity index (χ1v) is 4.77. The zero-order valence-electron chi connectivity index (χ0n) is 8.81. The number of nitrogens with two attached hydrogens (primary N) is 1. The van der Waals surface area contributed by atoms with Crippen LogP contribution in [0, 0.1) is 6.92 Å². The number of aryl methyl sites for hydroxylation is 2. The molecule has 2 aromatic rings. The van der Waals surface area contributed by atoms with E-state index >= 15 is 0 Å². The van der Waals surface area contributed by atoms with Gasteiger partial charge in [-0.3, -0.25) is 4.68 Å². The number of H-pyrrole nitrogens is 1. The summed E-state index contributed by atoms with van der Waals surface area (Å²) in [5.41, 5.74) is 8.86. The van der Waals surface area contributed by atoms with Crippen LogP contribution in [0.1, 0.15) is 23.1 Å². The molecular weight excluding hydrogens is 192 g/mol. The Morgan fingerprint density at radius 1 is 1.60 bits per heavy atom. The van der Waals surface area contributed by atoms with E-state index in [2.05, 4.69) is 20.5 Å². The third-order valence-corrected chi connectivity index (χ3v) is 2.34. The maximum atomic E-state index is 5.99. The van der Waals surface area contributed by atoms with E-state index in [1.54, 1.807) is 6.20 Å². The largest absolute Gasteiger partial charge is 0.322 e. The van der Waals surface area contributed by atoms with Gasteiger partial charge in [0.2, 0.25) is 0 Å². The Kier molecular flexibility index (Phi) is 2.51. The summed E-state index contributed by atoms with van der Waals surface area (Å²) in [5.74, 6) is 0. The van der Waals surface area contributed by atoms with E-state index in [0.29, 0.717) is 6.42 Å². The molecule has 0 aromatic carbocycles. The average Bonchev–Trinajstić information content (AvgIpc) is 2.76. The van der Waals surface area contributed by atoms with Crippen LogP contribution in [0.2, 0.25) is 0 Å². The number of aromatic amines is 1. The molecular formula is C9H14N6. The molecule has 0 aliphatic carbocycles. The molecule has 0 aliphatic rings. The topological polar surface area (TPSA) is 85.4 Å². The van der Waals surface area contributed by atoms with E-state index in [4.69, 9.17) is 5.73 Å². The molecule has 15 heavy (non-hydrogen) atoms. The van der Waals surface area contributed by atoms with E-state index in [0.717, 1.165) is 17.1 Å². The second-order valence-electron chi connectivity index (χ2n) is 3.61. The SMILES string of the molecule is Cc1cc(CC(N)c2cn[nH]n2)n(C)n1. The number of rotatable bonds is 3. The van der Waals surface area contributed by atoms with Gasteiger partial charge in [0.1, 0.15) is 0 Å². The third kappa shape index (κ3) is 2.04. The fourth-order valence-electron chi connectivity index (χ4n) is 1.57. The van der Waals surface area contributed by atoms with Crippen LogP contribution in [0.4, 0.5) is 0 Å². The van der Waals surface area contributed by atoms with Crippen LogP contribution in [0.15, 0.2) is 12.3 Å². The van der Waals surface area contributed by atoms with Crippen molar-refractivity contribution in [3.8, 4) is 0 Å². The summed E-state index contributed by atoms with van der Waals surface area (Å²) in [5, 5.41) is 14.5. The van der Waals surface area contributed by atoms with Crippen molar-refractivity contribution in [1.82, 2.24) is 25.2 Å². The molecule has 0 fully saturated rings. The zero-order valence-corrected chi connectivity index (χ0v) is 8.81. The average molecular weight is 206 g/mol. The van der Waals surface area contributed by atoms with Gasteiger partial charge in [0.25, 0.3) is 0 Å². The van der Waals surface area contributed by atoms with Crippen LogP contribution in [-0.2, 0) is 13.5 Å². The molecule has 6 heteroatoms. The second kappa shape index (κ2) is 3.82. The lowest BCUT2D eigenvalue weighted by atomic mass is 10.1. The Morgan fingerprint density at radius 3 is 2.93 bits per heavy atom. The predicted octanol–water partition coefficient (Wildman–Crippen LogP) is 0.0891. The van der Waals surface area contributed by atoms with Crippen LogP contribution >= 0.6 is 0 Å². The van der Waals surface area contributed by atoms with Crippen LogP contribution in [0.3, 0.4) is 0 Å². The highest BCUT2D eigenvalue weighted by Crippen LogP contribution is 2.13. The molecule has 2 heterocycles. The molecule has 0 bridgehead atoms. The highest BCUT2D eigenvalue weighted by Gasteiger charge is 2.12. The Labute approximate surface area is 87.5 Å². The van der Waals surface area contributed by atoms with Crippen molar-refractivity contribution in [3.63, 3.8) is 0 Å². The van der Waals surface area contributed by atoms with E-state index in [1.807, 2.05) is 24.7 Å².